The highest BCUT2D eigenvalue weighted by molar-refractivity contribution is 8.76. The highest BCUT2D eigenvalue weighted by Crippen LogP contribution is 2.65. The number of ether oxygens (including phenoxy) is 2. The molecule has 5 atom stereocenters. The Hall–Kier alpha value is 0.1000. The Morgan fingerprint density at radius 3 is 3.07 bits per heavy atom. The Morgan fingerprint density at radius 2 is 2.15 bits per heavy atom. The van der Waals surface area contributed by atoms with Gasteiger partial charge < -0.3 is 9.47 Å². The predicted octanol–water partition coefficient (Wildman–Crippen LogP) is 6.04. The first-order valence-corrected chi connectivity index (χ1v) is 13.8. The summed E-state index contributed by atoms with van der Waals surface area (Å²) in [6, 6.07) is 0. The van der Waals surface area contributed by atoms with Crippen molar-refractivity contribution in [2.24, 2.45) is 22.7 Å². The van der Waals surface area contributed by atoms with E-state index in [-0.39, 0.29) is 5.41 Å². The Balaban J connectivity index is 1.51. The lowest BCUT2D eigenvalue weighted by molar-refractivity contribution is -0.0455. The van der Waals surface area contributed by atoms with E-state index in [2.05, 4.69) is 29.2 Å². The fraction of sp³-hybridized carbons (Fsp3) is 0.826. The molecule has 1 heterocycles. The van der Waals surface area contributed by atoms with E-state index in [1.807, 2.05) is 16.4 Å². The molecule has 0 amide bonds. The lowest BCUT2D eigenvalue weighted by atomic mass is 9.50. The van der Waals surface area contributed by atoms with Crippen LogP contribution >= 0.6 is 21.6 Å². The van der Waals surface area contributed by atoms with Crippen molar-refractivity contribution in [3.8, 4) is 0 Å². The van der Waals surface area contributed by atoms with Crippen LogP contribution in [0, 0.1) is 22.7 Å². The summed E-state index contributed by atoms with van der Waals surface area (Å²) in [5.74, 6) is 2.85. The number of rotatable bonds is 4. The van der Waals surface area contributed by atoms with Crippen LogP contribution in [-0.4, -0.2) is 37.9 Å². The van der Waals surface area contributed by atoms with Gasteiger partial charge in [0.1, 0.15) is 0 Å². The number of hydrogen-bond acceptors (Lipinski definition) is 4. The average molecular weight is 407 g/mol. The van der Waals surface area contributed by atoms with Gasteiger partial charge in [0, 0.05) is 16.6 Å². The van der Waals surface area contributed by atoms with Gasteiger partial charge in [-0.15, -0.1) is 0 Å². The first-order valence-electron chi connectivity index (χ1n) is 11.1. The molecular formula is C23H34O2S2. The van der Waals surface area contributed by atoms with Gasteiger partial charge in [0.05, 0.1) is 25.9 Å². The van der Waals surface area contributed by atoms with Gasteiger partial charge in [-0.05, 0) is 75.9 Å². The third kappa shape index (κ3) is 3.00. The maximum atomic E-state index is 6.31. The van der Waals surface area contributed by atoms with Gasteiger partial charge in [0.25, 0.3) is 0 Å². The first kappa shape index (κ1) is 19.1. The minimum atomic E-state index is 0.274. The number of allylic oxidation sites excluding steroid dienone is 4. The molecule has 1 spiro atoms. The smallest absolute Gasteiger partial charge is 0.0704 e. The molecule has 5 rings (SSSR count). The van der Waals surface area contributed by atoms with E-state index in [1.165, 1.54) is 63.5 Å². The molecule has 4 heteroatoms. The van der Waals surface area contributed by atoms with E-state index in [0.29, 0.717) is 11.5 Å². The average Bonchev–Trinajstić information content (AvgIpc) is 2.95. The van der Waals surface area contributed by atoms with Crippen molar-refractivity contribution in [2.45, 2.75) is 63.9 Å². The summed E-state index contributed by atoms with van der Waals surface area (Å²) in [4.78, 5) is 0. The molecule has 2 nitrogen and oxygen atoms in total. The molecule has 0 aromatic rings. The Kier molecular flexibility index (Phi) is 5.47. The summed E-state index contributed by atoms with van der Waals surface area (Å²) in [6.07, 6.45) is 19.9. The van der Waals surface area contributed by atoms with Gasteiger partial charge in [-0.2, -0.15) is 0 Å². The molecule has 5 aliphatic rings. The zero-order valence-corrected chi connectivity index (χ0v) is 18.3. The van der Waals surface area contributed by atoms with Gasteiger partial charge in [-0.3, -0.25) is 0 Å². The molecule has 1 aliphatic heterocycles. The first-order chi connectivity index (χ1) is 13.3. The van der Waals surface area contributed by atoms with Crippen LogP contribution in [0.1, 0.15) is 57.8 Å². The number of hydrogen-bond donors (Lipinski definition) is 0. The zero-order chi connectivity index (χ0) is 18.3. The topological polar surface area (TPSA) is 18.5 Å². The van der Waals surface area contributed by atoms with Gasteiger partial charge in [-0.1, -0.05) is 44.9 Å². The summed E-state index contributed by atoms with van der Waals surface area (Å²) in [6.45, 7) is 2.51. The molecule has 0 aromatic carbocycles. The Labute approximate surface area is 172 Å². The third-order valence-electron chi connectivity index (χ3n) is 8.44. The largest absolute Gasteiger partial charge is 0.378 e. The summed E-state index contributed by atoms with van der Waals surface area (Å²) in [5.41, 5.74) is 4.32. The van der Waals surface area contributed by atoms with Crippen LogP contribution in [0.2, 0.25) is 0 Å². The van der Waals surface area contributed by atoms with Gasteiger partial charge >= 0.3 is 0 Å². The Bertz CT molecular complexity index is 630. The van der Waals surface area contributed by atoms with Crippen molar-refractivity contribution in [3.05, 3.63) is 23.3 Å². The van der Waals surface area contributed by atoms with Crippen molar-refractivity contribution >= 4 is 21.6 Å². The molecule has 1 unspecified atom stereocenters. The zero-order valence-electron chi connectivity index (χ0n) is 16.7. The molecule has 150 valence electrons. The summed E-state index contributed by atoms with van der Waals surface area (Å²) < 4.78 is 12.4. The molecular weight excluding hydrogens is 372 g/mol. The lowest BCUT2D eigenvalue weighted by Crippen LogP contribution is -2.49. The van der Waals surface area contributed by atoms with Gasteiger partial charge in [0.15, 0.2) is 0 Å². The fourth-order valence-electron chi connectivity index (χ4n) is 7.37. The van der Waals surface area contributed by atoms with E-state index < -0.39 is 0 Å². The van der Waals surface area contributed by atoms with Crippen molar-refractivity contribution < 1.29 is 9.47 Å². The van der Waals surface area contributed by atoms with Crippen LogP contribution in [0.15, 0.2) is 23.3 Å². The maximum Gasteiger partial charge on any atom is 0.0704 e. The van der Waals surface area contributed by atoms with E-state index >= 15 is 0 Å². The lowest BCUT2D eigenvalue weighted by Gasteiger charge is -2.55. The second kappa shape index (κ2) is 7.74. The molecule has 0 N–H and O–H groups in total. The second-order valence-electron chi connectivity index (χ2n) is 9.28. The molecule has 4 aliphatic carbocycles. The van der Waals surface area contributed by atoms with E-state index in [4.69, 9.17) is 9.47 Å². The molecule has 3 fully saturated rings. The maximum absolute atomic E-state index is 6.31. The van der Waals surface area contributed by atoms with Crippen LogP contribution in [0.4, 0.5) is 0 Å². The SMILES string of the molecule is CSSCC[C@]12CCCC=C1CC[C@@H]1C2=CC[C@]23COCCOC2CC[C@@H]13. The monoisotopic (exact) mass is 406 g/mol. The van der Waals surface area contributed by atoms with Crippen molar-refractivity contribution in [1.82, 2.24) is 0 Å². The molecule has 0 aromatic heterocycles. The van der Waals surface area contributed by atoms with Crippen LogP contribution < -0.4 is 0 Å². The summed E-state index contributed by atoms with van der Waals surface area (Å²) >= 11 is 0. The molecule has 0 radical (unpaired) electrons. The fourth-order valence-corrected chi connectivity index (χ4v) is 8.72. The standard InChI is InChI=1S/C23H34O2S2/c1-26-27-15-12-22-10-3-2-4-17(22)5-6-18-19-7-8-21-23(19,11-9-20(18)22)16-24-13-14-25-21/h4,9,18-19,21H,2-3,5-8,10-16H2,1H3/t18-,19-,21?,22+,23+/m0/s1. The van der Waals surface area contributed by atoms with Crippen molar-refractivity contribution in [3.63, 3.8) is 0 Å². The quantitative estimate of drug-likeness (QED) is 0.322. The van der Waals surface area contributed by atoms with Gasteiger partial charge in [0.2, 0.25) is 0 Å². The summed E-state index contributed by atoms with van der Waals surface area (Å²) in [7, 11) is 3.98. The van der Waals surface area contributed by atoms with Crippen molar-refractivity contribution in [2.75, 3.05) is 31.8 Å². The third-order valence-corrected chi connectivity index (χ3v) is 10.3. The van der Waals surface area contributed by atoms with Crippen molar-refractivity contribution in [1.29, 1.82) is 0 Å². The van der Waals surface area contributed by atoms with E-state index in [1.54, 1.807) is 5.57 Å². The van der Waals surface area contributed by atoms with Crippen LogP contribution in [0.5, 0.6) is 0 Å². The minimum absolute atomic E-state index is 0.274. The highest BCUT2D eigenvalue weighted by atomic mass is 33.1. The highest BCUT2D eigenvalue weighted by Gasteiger charge is 2.59. The molecule has 27 heavy (non-hydrogen) atoms. The van der Waals surface area contributed by atoms with E-state index in [0.717, 1.165) is 31.7 Å². The Morgan fingerprint density at radius 1 is 1.19 bits per heavy atom. The molecule has 2 saturated carbocycles. The molecule has 1 saturated heterocycles. The molecule has 0 bridgehead atoms. The normalized spacial score (nSPS) is 43.5. The second-order valence-corrected chi connectivity index (χ2v) is 12.0. The van der Waals surface area contributed by atoms with Crippen LogP contribution in [-0.2, 0) is 9.47 Å². The van der Waals surface area contributed by atoms with Crippen LogP contribution in [0.25, 0.3) is 0 Å². The van der Waals surface area contributed by atoms with E-state index in [9.17, 15) is 0 Å². The van der Waals surface area contributed by atoms with Crippen LogP contribution in [0.3, 0.4) is 0 Å². The number of fused-ring (bicyclic) bond motifs is 4. The predicted molar refractivity (Wildman–Crippen MR) is 116 cm³/mol. The minimum Gasteiger partial charge on any atom is -0.378 e. The van der Waals surface area contributed by atoms with Gasteiger partial charge in [-0.25, -0.2) is 0 Å². The summed E-state index contributed by atoms with van der Waals surface area (Å²) in [5, 5.41) is 0.